The van der Waals surface area contributed by atoms with E-state index in [1.54, 1.807) is 0 Å². The van der Waals surface area contributed by atoms with Gasteiger partial charge in [0.25, 0.3) is 11.8 Å². The monoisotopic (exact) mass is 482 g/mol. The Hall–Kier alpha value is -3.46. The maximum atomic E-state index is 12.8. The molecule has 0 spiro atoms. The summed E-state index contributed by atoms with van der Waals surface area (Å²) in [6.07, 6.45) is 1.42. The van der Waals surface area contributed by atoms with Gasteiger partial charge in [0.05, 0.1) is 0 Å². The van der Waals surface area contributed by atoms with Crippen LogP contribution in [0, 0.1) is 0 Å². The van der Waals surface area contributed by atoms with Crippen molar-refractivity contribution in [3.05, 3.63) is 29.7 Å². The van der Waals surface area contributed by atoms with Crippen LogP contribution in [-0.2, 0) is 28.8 Å². The van der Waals surface area contributed by atoms with Crippen molar-refractivity contribution < 1.29 is 33.9 Å². The van der Waals surface area contributed by atoms with Crippen LogP contribution < -0.4 is 11.1 Å². The number of nitrogens with two attached hydrogens (primary N) is 1. The fourth-order valence-corrected chi connectivity index (χ4v) is 4.62. The smallest absolute Gasteiger partial charge is 0.352 e. The topological polar surface area (TPSA) is 186 Å². The lowest BCUT2D eigenvalue weighted by molar-refractivity contribution is -0.150. The number of nitrogens with zero attached hydrogens (tertiary/aromatic N) is 4. The van der Waals surface area contributed by atoms with E-state index < -0.39 is 35.2 Å². The molecule has 0 radical (unpaired) electrons. The van der Waals surface area contributed by atoms with Crippen LogP contribution in [0.5, 0.6) is 0 Å². The molecule has 2 aliphatic heterocycles. The second-order valence-corrected chi connectivity index (χ2v) is 8.27. The van der Waals surface area contributed by atoms with Crippen molar-refractivity contribution in [3.63, 3.8) is 0 Å². The number of aromatic nitrogens is 2. The first-order valence-electron chi connectivity index (χ1n) is 8.99. The number of ether oxygens (including phenoxy) is 1. The number of β-lactam (4-membered cyclic amide) rings is 1. The maximum Gasteiger partial charge on any atom is 0.352 e. The number of carbonyl (C=O) groups excluding carboxylic acids is 3. The van der Waals surface area contributed by atoms with E-state index in [0.717, 1.165) is 16.4 Å². The first-order valence-corrected chi connectivity index (χ1v) is 10.8. The van der Waals surface area contributed by atoms with Crippen molar-refractivity contribution in [1.82, 2.24) is 19.6 Å². The first kappa shape index (κ1) is 23.2. The minimum absolute atomic E-state index is 0.0168. The number of esters is 1. The number of aliphatic carboxylic acids is 1. The van der Waals surface area contributed by atoms with Gasteiger partial charge in [0.2, 0.25) is 11.5 Å². The molecule has 2 atom stereocenters. The number of anilines is 1. The summed E-state index contributed by atoms with van der Waals surface area (Å²) in [5, 5.41) is 15.3. The standard InChI is InChI=1S/C17H18N6O7S2/c1-3-4-30-21-9(12-20-17(18)32-22-12)13(25)19-10-14(26)23-11(16(27)28)8(5-29-7(2)24)6-31-15(10)23/h3,10,15H,1,4-6H2,2H3,(H,19,25)(H,27,28)(H2,18,20,22)/t10-,15-/m1/s1. The van der Waals surface area contributed by atoms with E-state index in [-0.39, 0.29) is 46.9 Å². The van der Waals surface area contributed by atoms with E-state index in [9.17, 15) is 24.3 Å². The van der Waals surface area contributed by atoms with Gasteiger partial charge < -0.3 is 25.7 Å². The minimum atomic E-state index is -1.34. The third-order valence-electron chi connectivity index (χ3n) is 4.20. The highest BCUT2D eigenvalue weighted by Gasteiger charge is 2.54. The molecule has 170 valence electrons. The molecule has 1 saturated heterocycles. The lowest BCUT2D eigenvalue weighted by Gasteiger charge is -2.49. The summed E-state index contributed by atoms with van der Waals surface area (Å²) < 4.78 is 8.81. The number of nitrogen functional groups attached to an aromatic ring is 1. The molecule has 1 aromatic rings. The average molecular weight is 483 g/mol. The number of hydrogen-bond donors (Lipinski definition) is 3. The molecule has 2 aliphatic rings. The molecule has 0 aliphatic carbocycles. The Morgan fingerprint density at radius 1 is 1.47 bits per heavy atom. The summed E-state index contributed by atoms with van der Waals surface area (Å²) in [6, 6.07) is -1.02. The first-order chi connectivity index (χ1) is 15.2. The summed E-state index contributed by atoms with van der Waals surface area (Å²) in [5.41, 5.74) is 5.29. The van der Waals surface area contributed by atoms with Crippen LogP contribution in [0.2, 0.25) is 0 Å². The summed E-state index contributed by atoms with van der Waals surface area (Å²) in [6.45, 7) is 4.45. The number of thioether (sulfide) groups is 1. The predicted molar refractivity (Wildman–Crippen MR) is 113 cm³/mol. The number of oxime groups is 1. The zero-order chi connectivity index (χ0) is 23.4. The molecule has 0 aromatic carbocycles. The van der Waals surface area contributed by atoms with Gasteiger partial charge in [-0.2, -0.15) is 9.36 Å². The van der Waals surface area contributed by atoms with E-state index in [1.807, 2.05) is 0 Å². The van der Waals surface area contributed by atoms with Gasteiger partial charge in [-0.05, 0) is 0 Å². The fourth-order valence-electron chi connectivity index (χ4n) is 2.86. The molecule has 4 N–H and O–H groups in total. The molecular weight excluding hydrogens is 464 g/mol. The summed E-state index contributed by atoms with van der Waals surface area (Å²) >= 11 is 2.08. The van der Waals surface area contributed by atoms with Crippen molar-refractivity contribution in [1.29, 1.82) is 0 Å². The lowest BCUT2D eigenvalue weighted by atomic mass is 10.0. The Labute approximate surface area is 189 Å². The van der Waals surface area contributed by atoms with Crippen molar-refractivity contribution in [2.24, 2.45) is 5.16 Å². The van der Waals surface area contributed by atoms with Crippen LogP contribution in [0.15, 0.2) is 29.1 Å². The van der Waals surface area contributed by atoms with Crippen LogP contribution in [-0.4, -0.2) is 79.2 Å². The molecule has 15 heteroatoms. The van der Waals surface area contributed by atoms with Crippen molar-refractivity contribution in [3.8, 4) is 0 Å². The highest BCUT2D eigenvalue weighted by molar-refractivity contribution is 8.00. The molecule has 0 unspecified atom stereocenters. The van der Waals surface area contributed by atoms with Crippen LogP contribution in [0.3, 0.4) is 0 Å². The van der Waals surface area contributed by atoms with Gasteiger partial charge in [-0.1, -0.05) is 17.8 Å². The Kier molecular flexibility index (Phi) is 7.09. The fraction of sp³-hybridized carbons (Fsp3) is 0.353. The van der Waals surface area contributed by atoms with E-state index in [0.29, 0.717) is 0 Å². The van der Waals surface area contributed by atoms with E-state index in [2.05, 4.69) is 26.4 Å². The minimum Gasteiger partial charge on any atom is -0.477 e. The lowest BCUT2D eigenvalue weighted by Crippen LogP contribution is -2.71. The van der Waals surface area contributed by atoms with Gasteiger partial charge in [0, 0.05) is 29.8 Å². The Balaban J connectivity index is 1.78. The third kappa shape index (κ3) is 4.72. The number of nitrogens with one attached hydrogen (secondary N) is 1. The third-order valence-corrected chi connectivity index (χ3v) is 6.09. The molecular formula is C17H18N6O7S2. The zero-order valence-corrected chi connectivity index (χ0v) is 18.3. The van der Waals surface area contributed by atoms with Crippen molar-refractivity contribution in [2.75, 3.05) is 24.7 Å². The molecule has 0 saturated carbocycles. The van der Waals surface area contributed by atoms with Crippen LogP contribution >= 0.6 is 23.3 Å². The predicted octanol–water partition coefficient (Wildman–Crippen LogP) is -0.671. The molecule has 0 bridgehead atoms. The molecule has 13 nitrogen and oxygen atoms in total. The summed E-state index contributed by atoms with van der Waals surface area (Å²) in [4.78, 5) is 58.3. The van der Waals surface area contributed by atoms with E-state index >= 15 is 0 Å². The SMILES string of the molecule is C=CCON=C(C(=O)N[C@@H]1C(=O)N2C(C(=O)O)=C(COC(C)=O)CS[C@H]12)c1nsc(N)n1. The van der Waals surface area contributed by atoms with Gasteiger partial charge in [-0.3, -0.25) is 19.3 Å². The van der Waals surface area contributed by atoms with Gasteiger partial charge in [0.15, 0.2) is 5.13 Å². The number of rotatable bonds is 9. The number of amides is 2. The second-order valence-electron chi connectivity index (χ2n) is 6.38. The van der Waals surface area contributed by atoms with Gasteiger partial charge in [-0.25, -0.2) is 4.79 Å². The van der Waals surface area contributed by atoms with Crippen LogP contribution in [0.25, 0.3) is 0 Å². The number of carboxylic acids is 1. The largest absolute Gasteiger partial charge is 0.477 e. The number of hydrogen-bond acceptors (Lipinski definition) is 12. The normalized spacial score (nSPS) is 20.2. The van der Waals surface area contributed by atoms with Crippen molar-refractivity contribution in [2.45, 2.75) is 18.3 Å². The van der Waals surface area contributed by atoms with Crippen LogP contribution in [0.4, 0.5) is 5.13 Å². The molecule has 1 aromatic heterocycles. The Morgan fingerprint density at radius 2 is 2.22 bits per heavy atom. The Morgan fingerprint density at radius 3 is 2.81 bits per heavy atom. The zero-order valence-electron chi connectivity index (χ0n) is 16.6. The molecule has 3 rings (SSSR count). The highest BCUT2D eigenvalue weighted by atomic mass is 32.2. The number of carbonyl (C=O) groups is 4. The van der Waals surface area contributed by atoms with Crippen molar-refractivity contribution >= 4 is 57.9 Å². The second kappa shape index (κ2) is 9.78. The average Bonchev–Trinajstić information content (AvgIpc) is 3.18. The Bertz CT molecular complexity index is 1040. The van der Waals surface area contributed by atoms with Gasteiger partial charge in [0.1, 0.15) is 30.3 Å². The number of carboxylic acid groups (broad SMARTS) is 1. The summed E-state index contributed by atoms with van der Waals surface area (Å²) in [5.74, 6) is -3.22. The van der Waals surface area contributed by atoms with E-state index in [1.165, 1.54) is 24.8 Å². The highest BCUT2D eigenvalue weighted by Crippen LogP contribution is 2.40. The number of fused-ring (bicyclic) bond motifs is 1. The summed E-state index contributed by atoms with van der Waals surface area (Å²) in [7, 11) is 0. The maximum absolute atomic E-state index is 12.8. The molecule has 32 heavy (non-hydrogen) atoms. The quantitative estimate of drug-likeness (QED) is 0.101. The molecule has 3 heterocycles. The van der Waals surface area contributed by atoms with E-state index in [4.69, 9.17) is 15.3 Å². The molecule has 1 fully saturated rings. The van der Waals surface area contributed by atoms with Gasteiger partial charge in [-0.15, -0.1) is 11.8 Å². The van der Waals surface area contributed by atoms with Gasteiger partial charge >= 0.3 is 11.9 Å². The molecule has 2 amide bonds. The van der Waals surface area contributed by atoms with Crippen LogP contribution in [0.1, 0.15) is 12.7 Å².